The number of carbonyl (C=O) groups is 1. The Balaban J connectivity index is 1.44. The summed E-state index contributed by atoms with van der Waals surface area (Å²) in [6.07, 6.45) is 4.61. The van der Waals surface area contributed by atoms with Crippen LogP contribution in [0.25, 0.3) is 22.3 Å². The zero-order valence-electron chi connectivity index (χ0n) is 22.0. The minimum Gasteiger partial charge on any atom is -0.454 e. The first-order valence-electron chi connectivity index (χ1n) is 12.9. The zero-order valence-corrected chi connectivity index (χ0v) is 22.0. The van der Waals surface area contributed by atoms with E-state index in [1.54, 1.807) is 39.9 Å². The number of allylic oxidation sites excluding steroid dienone is 1. The molecule has 1 amide bonds. The molecule has 1 atom stereocenters. The number of nitriles is 1. The molecule has 1 aliphatic heterocycles. The van der Waals surface area contributed by atoms with Gasteiger partial charge in [0.15, 0.2) is 17.2 Å². The molecule has 2 aromatic heterocycles. The van der Waals surface area contributed by atoms with E-state index in [1.807, 2.05) is 19.9 Å². The summed E-state index contributed by atoms with van der Waals surface area (Å²) >= 11 is 0. The monoisotopic (exact) mass is 543 g/mol. The summed E-state index contributed by atoms with van der Waals surface area (Å²) < 4.78 is 34.8. The Morgan fingerprint density at radius 3 is 2.73 bits per heavy atom. The van der Waals surface area contributed by atoms with Crippen LogP contribution in [0.5, 0.6) is 11.5 Å². The third kappa shape index (κ3) is 5.20. The van der Waals surface area contributed by atoms with E-state index in [4.69, 9.17) is 15.6 Å². The van der Waals surface area contributed by atoms with E-state index in [9.17, 15) is 18.8 Å². The number of nitrogens with two attached hydrogens (primary N) is 1. The summed E-state index contributed by atoms with van der Waals surface area (Å²) in [5.74, 6) is -1.94. The van der Waals surface area contributed by atoms with Gasteiger partial charge in [0.1, 0.15) is 35.2 Å². The molecular formula is C29H27F2N7O2. The maximum Gasteiger partial charge on any atom is 0.264 e. The lowest BCUT2D eigenvalue weighted by atomic mass is 10.1. The van der Waals surface area contributed by atoms with Crippen LogP contribution >= 0.6 is 0 Å². The number of likely N-dealkylation sites (tertiary alicyclic amines) is 1. The smallest absolute Gasteiger partial charge is 0.264 e. The third-order valence-electron chi connectivity index (χ3n) is 6.70. The zero-order chi connectivity index (χ0) is 28.4. The molecule has 2 N–H and O–H groups in total. The number of amides is 1. The average molecular weight is 544 g/mol. The van der Waals surface area contributed by atoms with Gasteiger partial charge in [-0.3, -0.25) is 4.79 Å². The molecule has 11 heteroatoms. The molecule has 0 radical (unpaired) electrons. The highest BCUT2D eigenvalue weighted by Gasteiger charge is 2.32. The number of hydrogen-bond donors (Lipinski definition) is 1. The second-order valence-corrected chi connectivity index (χ2v) is 9.90. The summed E-state index contributed by atoms with van der Waals surface area (Å²) in [6, 6.07) is 12.3. The van der Waals surface area contributed by atoms with Crippen LogP contribution in [-0.4, -0.2) is 43.1 Å². The number of halogens is 2. The number of ether oxygens (including phenoxy) is 1. The fourth-order valence-electron chi connectivity index (χ4n) is 4.87. The Morgan fingerprint density at radius 1 is 1.23 bits per heavy atom. The van der Waals surface area contributed by atoms with Crippen molar-refractivity contribution in [3.63, 3.8) is 0 Å². The molecule has 0 bridgehead atoms. The topological polar surface area (TPSA) is 123 Å². The number of anilines is 1. The number of benzene rings is 2. The Kier molecular flexibility index (Phi) is 7.42. The predicted octanol–water partition coefficient (Wildman–Crippen LogP) is 5.24. The first-order valence-corrected chi connectivity index (χ1v) is 12.9. The highest BCUT2D eigenvalue weighted by atomic mass is 19.2. The molecule has 3 heterocycles. The quantitative estimate of drug-likeness (QED) is 0.250. The fraction of sp³-hybridized carbons (Fsp3) is 0.276. The maximum absolute atomic E-state index is 14.0. The van der Waals surface area contributed by atoms with E-state index in [2.05, 4.69) is 9.97 Å². The first-order chi connectivity index (χ1) is 19.3. The van der Waals surface area contributed by atoms with Crippen molar-refractivity contribution in [2.75, 3.05) is 12.3 Å². The lowest BCUT2D eigenvalue weighted by molar-refractivity contribution is -0.127. The van der Waals surface area contributed by atoms with E-state index in [-0.39, 0.29) is 35.0 Å². The lowest BCUT2D eigenvalue weighted by Crippen LogP contribution is -2.39. The van der Waals surface area contributed by atoms with Gasteiger partial charge in [-0.2, -0.15) is 14.8 Å². The molecule has 1 aliphatic rings. The molecule has 1 fully saturated rings. The van der Waals surface area contributed by atoms with Gasteiger partial charge in [-0.25, -0.2) is 19.0 Å². The molecule has 2 aromatic carbocycles. The van der Waals surface area contributed by atoms with Gasteiger partial charge in [-0.05, 0) is 55.2 Å². The van der Waals surface area contributed by atoms with Crippen LogP contribution in [0.1, 0.15) is 26.7 Å². The van der Waals surface area contributed by atoms with Gasteiger partial charge < -0.3 is 15.4 Å². The number of rotatable bonds is 7. The number of aromatic nitrogens is 4. The van der Waals surface area contributed by atoms with Crippen molar-refractivity contribution in [3.8, 4) is 28.8 Å². The van der Waals surface area contributed by atoms with Crippen molar-refractivity contribution >= 4 is 22.8 Å². The maximum atomic E-state index is 14.0. The normalized spacial score (nSPS) is 15.6. The third-order valence-corrected chi connectivity index (χ3v) is 6.70. The largest absolute Gasteiger partial charge is 0.454 e. The number of nitrogen functional groups attached to an aromatic ring is 1. The van der Waals surface area contributed by atoms with E-state index in [0.717, 1.165) is 18.9 Å². The van der Waals surface area contributed by atoms with Gasteiger partial charge in [-0.15, -0.1) is 0 Å². The van der Waals surface area contributed by atoms with E-state index >= 15 is 0 Å². The lowest BCUT2D eigenvalue weighted by Gasteiger charge is -2.24. The molecule has 9 nitrogen and oxygen atoms in total. The Labute approximate surface area is 229 Å². The highest BCUT2D eigenvalue weighted by Crippen LogP contribution is 2.33. The van der Waals surface area contributed by atoms with Crippen molar-refractivity contribution in [3.05, 3.63) is 72.1 Å². The molecule has 204 valence electrons. The molecule has 0 aliphatic carbocycles. The average Bonchev–Trinajstić information content (AvgIpc) is 3.56. The number of hydrogen-bond acceptors (Lipinski definition) is 7. The molecule has 0 saturated carbocycles. The minimum absolute atomic E-state index is 0.0709. The SMILES string of the molecule is CC(C)/C=C(/C#N)C(=O)N1CCC[C@@H]1Cn1nc(-c2ccc(Oc3cccc(F)c3F)cc2)c2c(N)ncnc21. The van der Waals surface area contributed by atoms with Crippen molar-refractivity contribution in [1.29, 1.82) is 5.26 Å². The Bertz CT molecular complexity index is 1640. The number of nitrogens with zero attached hydrogens (tertiary/aromatic N) is 6. The van der Waals surface area contributed by atoms with E-state index in [0.29, 0.717) is 41.1 Å². The molecule has 1 saturated heterocycles. The highest BCUT2D eigenvalue weighted by molar-refractivity contribution is 5.99. The van der Waals surface area contributed by atoms with Crippen LogP contribution in [0, 0.1) is 28.9 Å². The molecule has 40 heavy (non-hydrogen) atoms. The number of carbonyl (C=O) groups excluding carboxylic acids is 1. The standard InChI is InChI=1S/C29H27F2N7O2/c1-17(2)13-19(14-32)29(39)37-12-4-5-20(37)15-38-28-24(27(33)34-16-35-28)26(36-38)18-8-10-21(11-9-18)40-23-7-3-6-22(30)25(23)31/h3,6-11,13,16-17,20H,4-5,12,15H2,1-2H3,(H2,33,34,35)/b19-13-/t20-/m1/s1. The summed E-state index contributed by atoms with van der Waals surface area (Å²) in [6.45, 7) is 4.76. The summed E-state index contributed by atoms with van der Waals surface area (Å²) in [5.41, 5.74) is 8.11. The van der Waals surface area contributed by atoms with Crippen molar-refractivity contribution < 1.29 is 18.3 Å². The Morgan fingerprint density at radius 2 is 2.00 bits per heavy atom. The second-order valence-electron chi connectivity index (χ2n) is 9.90. The summed E-state index contributed by atoms with van der Waals surface area (Å²) in [4.78, 5) is 23.5. The Hall–Kier alpha value is -4.85. The first kappa shape index (κ1) is 26.7. The van der Waals surface area contributed by atoms with Gasteiger partial charge in [0, 0.05) is 12.1 Å². The molecular weight excluding hydrogens is 516 g/mol. The van der Waals surface area contributed by atoms with Crippen molar-refractivity contribution in [2.24, 2.45) is 5.92 Å². The molecule has 5 rings (SSSR count). The summed E-state index contributed by atoms with van der Waals surface area (Å²) in [7, 11) is 0. The van der Waals surface area contributed by atoms with Gasteiger partial charge in [0.25, 0.3) is 5.91 Å². The van der Waals surface area contributed by atoms with Crippen LogP contribution in [0.2, 0.25) is 0 Å². The minimum atomic E-state index is -1.07. The molecule has 0 unspecified atom stereocenters. The van der Waals surface area contributed by atoms with Crippen LogP contribution in [0.15, 0.2) is 60.4 Å². The van der Waals surface area contributed by atoms with E-state index < -0.39 is 11.6 Å². The fourth-order valence-corrected chi connectivity index (χ4v) is 4.87. The van der Waals surface area contributed by atoms with Crippen LogP contribution in [0.4, 0.5) is 14.6 Å². The van der Waals surface area contributed by atoms with Gasteiger partial charge in [0.05, 0.1) is 18.0 Å². The predicted molar refractivity (Wildman–Crippen MR) is 145 cm³/mol. The van der Waals surface area contributed by atoms with Crippen molar-refractivity contribution in [1.82, 2.24) is 24.6 Å². The molecule has 0 spiro atoms. The number of fused-ring (bicyclic) bond motifs is 1. The van der Waals surface area contributed by atoms with Crippen LogP contribution in [0.3, 0.4) is 0 Å². The molecule has 4 aromatic rings. The van der Waals surface area contributed by atoms with Crippen LogP contribution < -0.4 is 10.5 Å². The van der Waals surface area contributed by atoms with E-state index in [1.165, 1.54) is 18.5 Å². The summed E-state index contributed by atoms with van der Waals surface area (Å²) in [5, 5.41) is 14.9. The van der Waals surface area contributed by atoms with Gasteiger partial charge in [-0.1, -0.05) is 26.0 Å². The second kappa shape index (κ2) is 11.1. The van der Waals surface area contributed by atoms with Crippen molar-refractivity contribution in [2.45, 2.75) is 39.3 Å². The van der Waals surface area contributed by atoms with Gasteiger partial charge >= 0.3 is 0 Å². The van der Waals surface area contributed by atoms with Gasteiger partial charge in [0.2, 0.25) is 5.82 Å². The van der Waals surface area contributed by atoms with Crippen LogP contribution in [-0.2, 0) is 11.3 Å².